The van der Waals surface area contributed by atoms with Crippen molar-refractivity contribution in [2.45, 2.75) is 399 Å². The Bertz CT molecular complexity index is 1320. The van der Waals surface area contributed by atoms with Crippen molar-refractivity contribution < 1.29 is 28.6 Å². The third kappa shape index (κ3) is 66.3. The van der Waals surface area contributed by atoms with E-state index in [1.54, 1.807) is 0 Å². The van der Waals surface area contributed by atoms with Crippen LogP contribution in [0.25, 0.3) is 0 Å². The summed E-state index contributed by atoms with van der Waals surface area (Å²) in [4.78, 5) is 38.5. The molecule has 1 unspecified atom stereocenters. The molecule has 6 heteroatoms. The highest BCUT2D eigenvalue weighted by molar-refractivity contribution is 5.71. The van der Waals surface area contributed by atoms with Crippen molar-refractivity contribution in [2.24, 2.45) is 0 Å². The van der Waals surface area contributed by atoms with Crippen LogP contribution in [0.1, 0.15) is 393 Å². The first kappa shape index (κ1) is 76.6. The van der Waals surface area contributed by atoms with Gasteiger partial charge in [0.1, 0.15) is 13.2 Å². The van der Waals surface area contributed by atoms with E-state index in [0.717, 1.165) is 70.6 Å². The summed E-state index contributed by atoms with van der Waals surface area (Å²) in [7, 11) is 0. The van der Waals surface area contributed by atoms with Crippen LogP contribution < -0.4 is 0 Å². The molecule has 0 rings (SSSR count). The van der Waals surface area contributed by atoms with Gasteiger partial charge in [-0.15, -0.1) is 0 Å². The molecule has 0 aliphatic carbocycles. The van der Waals surface area contributed by atoms with E-state index in [4.69, 9.17) is 14.2 Å². The van der Waals surface area contributed by atoms with Gasteiger partial charge in [-0.2, -0.15) is 0 Å². The van der Waals surface area contributed by atoms with E-state index in [0.29, 0.717) is 19.3 Å². The SMILES string of the molecule is CCCCCC/C=C\C/C=C\CCCCCCCCCC(=O)OC(COC(=O)CCCCCCCCC/C=C\CCCCCCCCC)COC(=O)CCCCCCCCCCCCCCCCCCCCCCCCCCC. The number of unbranched alkanes of at least 4 members (excludes halogenated alkanes) is 49. The van der Waals surface area contributed by atoms with Crippen molar-refractivity contribution in [1.29, 1.82) is 0 Å². The molecule has 0 bridgehead atoms. The first-order valence-corrected chi connectivity index (χ1v) is 35.5. The molecule has 0 aromatic heterocycles. The average molecular weight is 1110 g/mol. The summed E-state index contributed by atoms with van der Waals surface area (Å²) >= 11 is 0. The summed E-state index contributed by atoms with van der Waals surface area (Å²) in [6.07, 6.45) is 84.5. The highest BCUT2D eigenvalue weighted by atomic mass is 16.6. The second-order valence-electron chi connectivity index (χ2n) is 24.1. The summed E-state index contributed by atoms with van der Waals surface area (Å²) in [5.41, 5.74) is 0. The summed E-state index contributed by atoms with van der Waals surface area (Å²) in [5.74, 6) is -0.855. The number of hydrogen-bond acceptors (Lipinski definition) is 6. The maximum absolute atomic E-state index is 12.9. The predicted octanol–water partition coefficient (Wildman–Crippen LogP) is 24.3. The summed E-state index contributed by atoms with van der Waals surface area (Å²) in [6.45, 7) is 6.69. The van der Waals surface area contributed by atoms with Gasteiger partial charge in [-0.25, -0.2) is 0 Å². The Hall–Kier alpha value is -2.37. The van der Waals surface area contributed by atoms with Crippen LogP contribution in [0.4, 0.5) is 0 Å². The third-order valence-electron chi connectivity index (χ3n) is 16.1. The lowest BCUT2D eigenvalue weighted by Crippen LogP contribution is -2.30. The van der Waals surface area contributed by atoms with Crippen LogP contribution in [0.3, 0.4) is 0 Å². The number of allylic oxidation sites excluding steroid dienone is 6. The zero-order chi connectivity index (χ0) is 57.1. The second-order valence-corrected chi connectivity index (χ2v) is 24.1. The Balaban J connectivity index is 4.29. The fourth-order valence-corrected chi connectivity index (χ4v) is 10.8. The van der Waals surface area contributed by atoms with Crippen molar-refractivity contribution in [3.63, 3.8) is 0 Å². The molecule has 0 fully saturated rings. The number of rotatable bonds is 66. The molecule has 0 heterocycles. The van der Waals surface area contributed by atoms with E-state index in [1.165, 1.54) is 283 Å². The Morgan fingerprint density at radius 1 is 0.253 bits per heavy atom. The number of carbonyl (C=O) groups excluding carboxylic acids is 3. The largest absolute Gasteiger partial charge is 0.462 e. The summed E-state index contributed by atoms with van der Waals surface area (Å²) < 4.78 is 17.0. The van der Waals surface area contributed by atoms with Crippen LogP contribution in [0.15, 0.2) is 36.5 Å². The number of esters is 3. The molecule has 6 nitrogen and oxygen atoms in total. The van der Waals surface area contributed by atoms with Crippen LogP contribution in [-0.4, -0.2) is 37.2 Å². The summed E-state index contributed by atoms with van der Waals surface area (Å²) in [6, 6.07) is 0. The third-order valence-corrected chi connectivity index (χ3v) is 16.1. The van der Waals surface area contributed by atoms with Crippen molar-refractivity contribution in [2.75, 3.05) is 13.2 Å². The van der Waals surface area contributed by atoms with Gasteiger partial charge in [0.15, 0.2) is 6.10 Å². The normalized spacial score (nSPS) is 12.2. The Morgan fingerprint density at radius 3 is 0.722 bits per heavy atom. The van der Waals surface area contributed by atoms with Gasteiger partial charge in [0.25, 0.3) is 0 Å². The molecule has 0 aromatic rings. The topological polar surface area (TPSA) is 78.9 Å². The van der Waals surface area contributed by atoms with Gasteiger partial charge < -0.3 is 14.2 Å². The minimum atomic E-state index is -0.778. The standard InChI is InChI=1S/C73H136O6/c1-4-7-10-13-16-19-22-25-28-31-34-35-36-37-38-39-40-43-45-48-51-54-57-60-63-66-72(75)78-69-70(79-73(76)67-64-61-58-55-52-49-46-42-33-30-27-24-21-18-15-12-9-6-3)68-77-71(74)65-62-59-56-53-50-47-44-41-32-29-26-23-20-17-14-11-8-5-2/h21,24,29-30,32-33,70H,4-20,22-23,25-28,31,34-69H2,1-3H3/b24-21-,32-29-,33-30-. The number of ether oxygens (including phenoxy) is 3. The maximum Gasteiger partial charge on any atom is 0.306 e. The zero-order valence-electron chi connectivity index (χ0n) is 53.4. The van der Waals surface area contributed by atoms with E-state index in [1.807, 2.05) is 0 Å². The molecule has 464 valence electrons. The lowest BCUT2D eigenvalue weighted by atomic mass is 10.0. The van der Waals surface area contributed by atoms with Crippen LogP contribution in [0, 0.1) is 0 Å². The molecule has 0 saturated carbocycles. The first-order chi connectivity index (χ1) is 39.0. The molecule has 0 radical (unpaired) electrons. The molecule has 0 aromatic carbocycles. The Morgan fingerprint density at radius 2 is 0.456 bits per heavy atom. The van der Waals surface area contributed by atoms with Crippen LogP contribution in [0.5, 0.6) is 0 Å². The van der Waals surface area contributed by atoms with Crippen molar-refractivity contribution in [1.82, 2.24) is 0 Å². The van der Waals surface area contributed by atoms with Crippen molar-refractivity contribution in [3.8, 4) is 0 Å². The van der Waals surface area contributed by atoms with Crippen LogP contribution >= 0.6 is 0 Å². The zero-order valence-corrected chi connectivity index (χ0v) is 53.4. The molecule has 79 heavy (non-hydrogen) atoms. The van der Waals surface area contributed by atoms with E-state index in [-0.39, 0.29) is 31.1 Å². The molecule has 1 atom stereocenters. The lowest BCUT2D eigenvalue weighted by molar-refractivity contribution is -0.167. The molecule has 0 saturated heterocycles. The van der Waals surface area contributed by atoms with E-state index in [9.17, 15) is 14.4 Å². The molecule has 0 N–H and O–H groups in total. The van der Waals surface area contributed by atoms with E-state index < -0.39 is 6.10 Å². The monoisotopic (exact) mass is 1110 g/mol. The van der Waals surface area contributed by atoms with Gasteiger partial charge in [-0.05, 0) is 77.0 Å². The molecular weight excluding hydrogens is 973 g/mol. The smallest absolute Gasteiger partial charge is 0.306 e. The second kappa shape index (κ2) is 68.1. The minimum absolute atomic E-state index is 0.0721. The highest BCUT2D eigenvalue weighted by Gasteiger charge is 2.19. The van der Waals surface area contributed by atoms with Crippen molar-refractivity contribution in [3.05, 3.63) is 36.5 Å². The van der Waals surface area contributed by atoms with Crippen molar-refractivity contribution >= 4 is 17.9 Å². The fourth-order valence-electron chi connectivity index (χ4n) is 10.8. The number of hydrogen-bond donors (Lipinski definition) is 0. The van der Waals surface area contributed by atoms with Gasteiger partial charge in [-0.3, -0.25) is 14.4 Å². The molecule has 0 spiro atoms. The van der Waals surface area contributed by atoms with Crippen LogP contribution in [-0.2, 0) is 28.6 Å². The summed E-state index contributed by atoms with van der Waals surface area (Å²) in [5, 5.41) is 0. The fraction of sp³-hybridized carbons (Fsp3) is 0.877. The van der Waals surface area contributed by atoms with Gasteiger partial charge in [-0.1, -0.05) is 333 Å². The number of carbonyl (C=O) groups is 3. The average Bonchev–Trinajstić information content (AvgIpc) is 3.45. The quantitative estimate of drug-likeness (QED) is 0.0261. The van der Waals surface area contributed by atoms with Crippen LogP contribution in [0.2, 0.25) is 0 Å². The van der Waals surface area contributed by atoms with Gasteiger partial charge in [0.05, 0.1) is 0 Å². The Kier molecular flexibility index (Phi) is 66.1. The molecule has 0 amide bonds. The van der Waals surface area contributed by atoms with E-state index >= 15 is 0 Å². The minimum Gasteiger partial charge on any atom is -0.462 e. The predicted molar refractivity (Wildman–Crippen MR) is 344 cm³/mol. The molecule has 0 aliphatic heterocycles. The van der Waals surface area contributed by atoms with Gasteiger partial charge in [0.2, 0.25) is 0 Å². The van der Waals surface area contributed by atoms with Gasteiger partial charge in [0, 0.05) is 19.3 Å². The maximum atomic E-state index is 12.9. The first-order valence-electron chi connectivity index (χ1n) is 35.5. The van der Waals surface area contributed by atoms with Gasteiger partial charge >= 0.3 is 17.9 Å². The van der Waals surface area contributed by atoms with E-state index in [2.05, 4.69) is 57.2 Å². The highest BCUT2D eigenvalue weighted by Crippen LogP contribution is 2.18. The molecular formula is C73H136O6. The lowest BCUT2D eigenvalue weighted by Gasteiger charge is -2.18. The molecule has 0 aliphatic rings. The Labute approximate surface area is 493 Å².